The van der Waals surface area contributed by atoms with Crippen LogP contribution in [0, 0.1) is 0 Å². The second-order valence-electron chi connectivity index (χ2n) is 5.37. The molecule has 2 rings (SSSR count). The summed E-state index contributed by atoms with van der Waals surface area (Å²) in [4.78, 5) is 0.434. The lowest BCUT2D eigenvalue weighted by Crippen LogP contribution is -2.32. The predicted octanol–water partition coefficient (Wildman–Crippen LogP) is 2.06. The zero-order chi connectivity index (χ0) is 14.6. The van der Waals surface area contributed by atoms with Crippen LogP contribution in [0.3, 0.4) is 0 Å². The van der Waals surface area contributed by atoms with Gasteiger partial charge in [-0.2, -0.15) is 0 Å². The number of likely N-dealkylation sites (N-methyl/N-ethyl adjacent to an activating group) is 1. The molecule has 1 aromatic rings. The van der Waals surface area contributed by atoms with E-state index >= 15 is 0 Å². The summed E-state index contributed by atoms with van der Waals surface area (Å²) in [5.41, 5.74) is 0.897. The molecule has 0 amide bonds. The molecule has 0 aliphatic heterocycles. The van der Waals surface area contributed by atoms with Crippen LogP contribution in [0.1, 0.15) is 38.7 Å². The van der Waals surface area contributed by atoms with Crippen molar-refractivity contribution in [2.45, 2.75) is 56.5 Å². The molecule has 0 aromatic heterocycles. The lowest BCUT2D eigenvalue weighted by molar-refractivity contribution is 0.506. The van der Waals surface area contributed by atoms with Gasteiger partial charge >= 0.3 is 0 Å². The molecule has 1 unspecified atom stereocenters. The number of rotatable bonds is 8. The minimum absolute atomic E-state index is 0.142. The van der Waals surface area contributed by atoms with Gasteiger partial charge in [-0.25, -0.2) is 13.1 Å². The summed E-state index contributed by atoms with van der Waals surface area (Å²) in [6.45, 7) is 5.08. The Morgan fingerprint density at radius 2 is 1.95 bits per heavy atom. The third-order valence-corrected chi connectivity index (χ3v) is 5.23. The van der Waals surface area contributed by atoms with Crippen molar-refractivity contribution in [2.24, 2.45) is 0 Å². The van der Waals surface area contributed by atoms with Crippen molar-refractivity contribution in [1.82, 2.24) is 10.0 Å². The van der Waals surface area contributed by atoms with Gasteiger partial charge in [-0.3, -0.25) is 0 Å². The van der Waals surface area contributed by atoms with Crippen molar-refractivity contribution in [2.75, 3.05) is 6.54 Å². The summed E-state index contributed by atoms with van der Waals surface area (Å²) in [5.74, 6) is 0. The first-order valence-corrected chi connectivity index (χ1v) is 8.88. The summed E-state index contributed by atoms with van der Waals surface area (Å²) in [6.07, 6.45) is 3.64. The second-order valence-corrected chi connectivity index (χ2v) is 7.05. The van der Waals surface area contributed by atoms with Gasteiger partial charge in [-0.15, -0.1) is 0 Å². The zero-order valence-corrected chi connectivity index (χ0v) is 13.0. The summed E-state index contributed by atoms with van der Waals surface area (Å²) in [5, 5.41) is 3.40. The molecule has 0 bridgehead atoms. The largest absolute Gasteiger partial charge is 0.314 e. The second kappa shape index (κ2) is 6.70. The fraction of sp³-hybridized carbons (Fsp3) is 0.600. The fourth-order valence-electron chi connectivity index (χ4n) is 2.33. The van der Waals surface area contributed by atoms with E-state index in [4.69, 9.17) is 0 Å². The third-order valence-electron chi connectivity index (χ3n) is 3.61. The summed E-state index contributed by atoms with van der Waals surface area (Å²) >= 11 is 0. The van der Waals surface area contributed by atoms with E-state index in [0.717, 1.165) is 37.8 Å². The van der Waals surface area contributed by atoms with Crippen LogP contribution in [0.4, 0.5) is 0 Å². The summed E-state index contributed by atoms with van der Waals surface area (Å²) < 4.78 is 27.6. The monoisotopic (exact) mass is 296 g/mol. The molecule has 20 heavy (non-hydrogen) atoms. The van der Waals surface area contributed by atoms with Crippen molar-refractivity contribution < 1.29 is 8.42 Å². The maximum atomic E-state index is 12.4. The average Bonchev–Trinajstić information content (AvgIpc) is 3.22. The number of nitrogens with one attached hydrogen (secondary N) is 2. The van der Waals surface area contributed by atoms with E-state index < -0.39 is 10.0 Å². The molecule has 5 heteroatoms. The maximum Gasteiger partial charge on any atom is 0.241 e. The van der Waals surface area contributed by atoms with Gasteiger partial charge < -0.3 is 5.32 Å². The van der Waals surface area contributed by atoms with E-state index in [1.807, 2.05) is 12.1 Å². The Morgan fingerprint density at radius 1 is 1.25 bits per heavy atom. The van der Waals surface area contributed by atoms with Crippen LogP contribution in [-0.4, -0.2) is 27.0 Å². The van der Waals surface area contributed by atoms with E-state index in [1.54, 1.807) is 12.1 Å². The van der Waals surface area contributed by atoms with Gasteiger partial charge in [0.2, 0.25) is 10.0 Å². The molecular formula is C15H24N2O2S. The molecule has 0 radical (unpaired) electrons. The lowest BCUT2D eigenvalue weighted by Gasteiger charge is -2.18. The van der Waals surface area contributed by atoms with Gasteiger partial charge in [0.1, 0.15) is 0 Å². The highest BCUT2D eigenvalue weighted by molar-refractivity contribution is 7.89. The standard InChI is InChI=1S/C15H24N2O2S/c1-3-13(16-4-2)11-12-7-5-6-8-15(12)20(18,19)17-14-9-10-14/h5-8,13-14,16-17H,3-4,9-11H2,1-2H3. The van der Waals surface area contributed by atoms with Crippen LogP contribution >= 0.6 is 0 Å². The normalized spacial score (nSPS) is 17.1. The molecule has 0 spiro atoms. The summed E-state index contributed by atoms with van der Waals surface area (Å²) in [6, 6.07) is 7.78. The molecule has 1 fully saturated rings. The predicted molar refractivity (Wildman–Crippen MR) is 81.2 cm³/mol. The Bertz CT molecular complexity index is 539. The molecule has 4 nitrogen and oxygen atoms in total. The van der Waals surface area contributed by atoms with Gasteiger partial charge in [0.05, 0.1) is 4.90 Å². The molecule has 0 saturated heterocycles. The molecule has 1 aliphatic carbocycles. The molecule has 2 N–H and O–H groups in total. The van der Waals surface area contributed by atoms with Crippen molar-refractivity contribution in [3.8, 4) is 0 Å². The molecule has 0 heterocycles. The average molecular weight is 296 g/mol. The smallest absolute Gasteiger partial charge is 0.241 e. The van der Waals surface area contributed by atoms with Gasteiger partial charge in [0.25, 0.3) is 0 Å². The molecular weight excluding hydrogens is 272 g/mol. The van der Waals surface area contributed by atoms with Crippen LogP contribution in [0.5, 0.6) is 0 Å². The van der Waals surface area contributed by atoms with Crippen molar-refractivity contribution >= 4 is 10.0 Å². The molecule has 112 valence electrons. The van der Waals surface area contributed by atoms with Crippen LogP contribution in [-0.2, 0) is 16.4 Å². The van der Waals surface area contributed by atoms with Crippen molar-refractivity contribution in [3.05, 3.63) is 29.8 Å². The van der Waals surface area contributed by atoms with Crippen molar-refractivity contribution in [1.29, 1.82) is 0 Å². The van der Waals surface area contributed by atoms with E-state index in [9.17, 15) is 8.42 Å². The van der Waals surface area contributed by atoms with Crippen molar-refractivity contribution in [3.63, 3.8) is 0 Å². The zero-order valence-electron chi connectivity index (χ0n) is 12.2. The fourth-order valence-corrected chi connectivity index (χ4v) is 3.89. The van der Waals surface area contributed by atoms with Gasteiger partial charge in [-0.1, -0.05) is 32.0 Å². The highest BCUT2D eigenvalue weighted by Gasteiger charge is 2.29. The highest BCUT2D eigenvalue weighted by Crippen LogP contribution is 2.24. The minimum atomic E-state index is -3.37. The van der Waals surface area contributed by atoms with Crippen LogP contribution in [0.25, 0.3) is 0 Å². The van der Waals surface area contributed by atoms with Crippen LogP contribution in [0.15, 0.2) is 29.2 Å². The number of hydrogen-bond donors (Lipinski definition) is 2. The third kappa shape index (κ3) is 4.04. The van der Waals surface area contributed by atoms with E-state index in [-0.39, 0.29) is 6.04 Å². The van der Waals surface area contributed by atoms with E-state index in [1.165, 1.54) is 0 Å². The van der Waals surface area contributed by atoms with Gasteiger partial charge in [-0.05, 0) is 43.9 Å². The molecule has 1 atom stereocenters. The van der Waals surface area contributed by atoms with Crippen LogP contribution in [0.2, 0.25) is 0 Å². The first-order chi connectivity index (χ1) is 9.56. The summed E-state index contributed by atoms with van der Waals surface area (Å²) in [7, 11) is -3.37. The quantitative estimate of drug-likeness (QED) is 0.772. The van der Waals surface area contributed by atoms with E-state index in [2.05, 4.69) is 23.9 Å². The SMILES string of the molecule is CCNC(CC)Cc1ccccc1S(=O)(=O)NC1CC1. The molecule has 1 aliphatic rings. The number of benzene rings is 1. The maximum absolute atomic E-state index is 12.4. The Kier molecular flexibility index (Phi) is 5.18. The molecule has 1 saturated carbocycles. The Labute approximate surface area is 122 Å². The van der Waals surface area contributed by atoms with Crippen LogP contribution < -0.4 is 10.0 Å². The van der Waals surface area contributed by atoms with Gasteiger partial charge in [0, 0.05) is 12.1 Å². The number of hydrogen-bond acceptors (Lipinski definition) is 3. The van der Waals surface area contributed by atoms with Gasteiger partial charge in [0.15, 0.2) is 0 Å². The number of sulfonamides is 1. The highest BCUT2D eigenvalue weighted by atomic mass is 32.2. The topological polar surface area (TPSA) is 58.2 Å². The van der Waals surface area contributed by atoms with E-state index in [0.29, 0.717) is 10.9 Å². The Balaban J connectivity index is 2.20. The Morgan fingerprint density at radius 3 is 2.55 bits per heavy atom. The first-order valence-electron chi connectivity index (χ1n) is 7.40. The minimum Gasteiger partial charge on any atom is -0.314 e. The first kappa shape index (κ1) is 15.5. The Hall–Kier alpha value is -0.910. The lowest BCUT2D eigenvalue weighted by atomic mass is 10.0. The molecule has 1 aromatic carbocycles.